The minimum Gasteiger partial charge on any atom is -0.321 e. The van der Waals surface area contributed by atoms with Gasteiger partial charge in [0.25, 0.3) is 5.91 Å². The van der Waals surface area contributed by atoms with Crippen LogP contribution in [0.25, 0.3) is 22.9 Å². The Hall–Kier alpha value is -4.36. The van der Waals surface area contributed by atoms with Gasteiger partial charge in [-0.05, 0) is 73.9 Å². The highest BCUT2D eigenvalue weighted by atomic mass is 16.1. The Kier molecular flexibility index (Phi) is 6.24. The van der Waals surface area contributed by atoms with E-state index in [0.29, 0.717) is 5.69 Å². The molecule has 0 spiro atoms. The van der Waals surface area contributed by atoms with Gasteiger partial charge in [-0.2, -0.15) is 5.26 Å². The van der Waals surface area contributed by atoms with Crippen molar-refractivity contribution in [1.29, 1.82) is 5.26 Å². The molecular weight excluding hydrogens is 406 g/mol. The van der Waals surface area contributed by atoms with Gasteiger partial charge in [0.05, 0.1) is 0 Å². The fourth-order valence-corrected chi connectivity index (χ4v) is 3.90. The summed E-state index contributed by atoms with van der Waals surface area (Å²) in [5, 5.41) is 12.4. The highest BCUT2D eigenvalue weighted by Gasteiger charge is 2.14. The molecule has 1 N–H and O–H groups in total. The first kappa shape index (κ1) is 21.9. The van der Waals surface area contributed by atoms with Crippen LogP contribution in [0.15, 0.2) is 90.5 Å². The van der Waals surface area contributed by atoms with E-state index in [9.17, 15) is 10.1 Å². The lowest BCUT2D eigenvalue weighted by atomic mass is 10.1. The lowest BCUT2D eigenvalue weighted by Gasteiger charge is -2.11. The zero-order valence-corrected chi connectivity index (χ0v) is 19.0. The van der Waals surface area contributed by atoms with E-state index in [2.05, 4.69) is 46.3 Å². The number of amides is 1. The number of nitrogens with one attached hydrogen (secondary N) is 1. The number of nitriles is 1. The zero-order chi connectivity index (χ0) is 23.4. The minimum atomic E-state index is -0.418. The van der Waals surface area contributed by atoms with Crippen LogP contribution in [0, 0.1) is 32.1 Å². The Balaban J connectivity index is 1.61. The molecule has 33 heavy (non-hydrogen) atoms. The number of hydrogen-bond acceptors (Lipinski definition) is 2. The lowest BCUT2D eigenvalue weighted by Crippen LogP contribution is -2.13. The number of nitrogens with zero attached hydrogens (tertiary/aromatic N) is 2. The van der Waals surface area contributed by atoms with Crippen LogP contribution in [-0.2, 0) is 4.79 Å². The molecule has 0 fully saturated rings. The van der Waals surface area contributed by atoms with Gasteiger partial charge >= 0.3 is 0 Å². The molecule has 162 valence electrons. The normalized spacial score (nSPS) is 11.2. The van der Waals surface area contributed by atoms with E-state index in [4.69, 9.17) is 0 Å². The van der Waals surface area contributed by atoms with Crippen LogP contribution in [0.4, 0.5) is 5.69 Å². The molecule has 0 radical (unpaired) electrons. The second-order valence-corrected chi connectivity index (χ2v) is 8.06. The van der Waals surface area contributed by atoms with E-state index in [1.54, 1.807) is 6.08 Å². The van der Waals surface area contributed by atoms with Crippen molar-refractivity contribution < 1.29 is 4.79 Å². The molecule has 1 amide bonds. The summed E-state index contributed by atoms with van der Waals surface area (Å²) in [6.45, 7) is 6.00. The van der Waals surface area contributed by atoms with Crippen LogP contribution >= 0.6 is 0 Å². The lowest BCUT2D eigenvalue weighted by molar-refractivity contribution is -0.112. The summed E-state index contributed by atoms with van der Waals surface area (Å²) in [5.74, 6) is -0.418. The molecule has 0 aliphatic carbocycles. The van der Waals surface area contributed by atoms with Gasteiger partial charge in [0.15, 0.2) is 0 Å². The van der Waals surface area contributed by atoms with Crippen molar-refractivity contribution in [3.05, 3.63) is 113 Å². The Morgan fingerprint density at radius 3 is 2.15 bits per heavy atom. The third kappa shape index (κ3) is 4.78. The molecule has 4 heteroatoms. The molecule has 3 aromatic carbocycles. The highest BCUT2D eigenvalue weighted by molar-refractivity contribution is 6.09. The molecule has 1 heterocycles. The van der Waals surface area contributed by atoms with E-state index in [1.807, 2.05) is 75.4 Å². The summed E-state index contributed by atoms with van der Waals surface area (Å²) in [7, 11) is 0. The minimum absolute atomic E-state index is 0.0650. The van der Waals surface area contributed by atoms with Gasteiger partial charge in [-0.3, -0.25) is 4.79 Å². The van der Waals surface area contributed by atoms with Crippen LogP contribution in [0.5, 0.6) is 0 Å². The van der Waals surface area contributed by atoms with E-state index in [1.165, 1.54) is 5.56 Å². The summed E-state index contributed by atoms with van der Waals surface area (Å²) in [5.41, 5.74) is 8.04. The summed E-state index contributed by atoms with van der Waals surface area (Å²) in [4.78, 5) is 12.7. The van der Waals surface area contributed by atoms with Gasteiger partial charge in [0.1, 0.15) is 11.6 Å². The predicted octanol–water partition coefficient (Wildman–Crippen LogP) is 6.62. The molecule has 0 atom stereocenters. The number of benzene rings is 3. The molecule has 0 bridgehead atoms. The van der Waals surface area contributed by atoms with Gasteiger partial charge in [-0.25, -0.2) is 0 Å². The quantitative estimate of drug-likeness (QED) is 0.285. The molecule has 1 aromatic heterocycles. The number of carbonyl (C=O) groups is 1. The van der Waals surface area contributed by atoms with Gasteiger partial charge in [0.2, 0.25) is 0 Å². The van der Waals surface area contributed by atoms with Crippen molar-refractivity contribution in [2.24, 2.45) is 0 Å². The maximum Gasteiger partial charge on any atom is 0.266 e. The first-order chi connectivity index (χ1) is 16.0. The van der Waals surface area contributed by atoms with Gasteiger partial charge in [-0.1, -0.05) is 60.2 Å². The highest BCUT2D eigenvalue weighted by Crippen LogP contribution is 2.26. The number of carbonyl (C=O) groups excluding carboxylic acids is 1. The first-order valence-corrected chi connectivity index (χ1v) is 10.8. The Morgan fingerprint density at radius 1 is 0.879 bits per heavy atom. The van der Waals surface area contributed by atoms with Crippen LogP contribution in [-0.4, -0.2) is 10.5 Å². The number of anilines is 1. The molecule has 0 saturated carbocycles. The van der Waals surface area contributed by atoms with Crippen LogP contribution in [0.2, 0.25) is 0 Å². The second-order valence-electron chi connectivity index (χ2n) is 8.06. The smallest absolute Gasteiger partial charge is 0.266 e. The fraction of sp³-hybridized carbons (Fsp3) is 0.103. The van der Waals surface area contributed by atoms with E-state index in [0.717, 1.165) is 33.8 Å². The third-order valence-electron chi connectivity index (χ3n) is 5.68. The number of hydrogen-bond donors (Lipinski definition) is 1. The van der Waals surface area contributed by atoms with Gasteiger partial charge in [-0.15, -0.1) is 0 Å². The molecule has 0 aliphatic rings. The van der Waals surface area contributed by atoms with Gasteiger partial charge in [0, 0.05) is 22.8 Å². The SMILES string of the molecule is Cc1ccc(NC(=O)C(C#N)=Cc2cc(C)n(-c3ccc(-c4ccccc4)cc3)c2C)cc1. The molecule has 4 rings (SSSR count). The first-order valence-electron chi connectivity index (χ1n) is 10.8. The monoisotopic (exact) mass is 431 g/mol. The van der Waals surface area contributed by atoms with E-state index >= 15 is 0 Å². The summed E-state index contributed by atoms with van der Waals surface area (Å²) < 4.78 is 2.13. The van der Waals surface area contributed by atoms with E-state index < -0.39 is 5.91 Å². The molecular formula is C29H25N3O. The standard InChI is InChI=1S/C29H25N3O/c1-20-9-13-27(14-10-20)31-29(33)26(19-30)18-25-17-21(2)32(22(25)3)28-15-11-24(12-16-28)23-7-5-4-6-8-23/h4-18H,1-3H3,(H,31,33). The largest absolute Gasteiger partial charge is 0.321 e. The maximum atomic E-state index is 12.7. The number of aryl methyl sites for hydroxylation is 2. The van der Waals surface area contributed by atoms with Crippen molar-refractivity contribution in [1.82, 2.24) is 4.57 Å². The zero-order valence-electron chi connectivity index (χ0n) is 19.0. The Morgan fingerprint density at radius 2 is 1.52 bits per heavy atom. The van der Waals surface area contributed by atoms with Crippen LogP contribution in [0.3, 0.4) is 0 Å². The average molecular weight is 432 g/mol. The molecule has 4 nitrogen and oxygen atoms in total. The summed E-state index contributed by atoms with van der Waals surface area (Å²) >= 11 is 0. The van der Waals surface area contributed by atoms with Crippen LogP contribution in [0.1, 0.15) is 22.5 Å². The fourth-order valence-electron chi connectivity index (χ4n) is 3.90. The topological polar surface area (TPSA) is 57.8 Å². The third-order valence-corrected chi connectivity index (χ3v) is 5.68. The second kappa shape index (κ2) is 9.42. The Labute approximate surface area is 194 Å². The van der Waals surface area contributed by atoms with Crippen molar-refractivity contribution in [3.8, 4) is 22.9 Å². The number of aromatic nitrogens is 1. The molecule has 0 aliphatic heterocycles. The van der Waals surface area contributed by atoms with Crippen molar-refractivity contribution in [3.63, 3.8) is 0 Å². The number of rotatable bonds is 5. The Bertz CT molecular complexity index is 1350. The van der Waals surface area contributed by atoms with Crippen molar-refractivity contribution in [2.75, 3.05) is 5.32 Å². The van der Waals surface area contributed by atoms with Gasteiger partial charge < -0.3 is 9.88 Å². The van der Waals surface area contributed by atoms with Crippen molar-refractivity contribution >= 4 is 17.7 Å². The molecule has 0 saturated heterocycles. The van der Waals surface area contributed by atoms with E-state index in [-0.39, 0.29) is 5.57 Å². The van der Waals surface area contributed by atoms with Crippen LogP contribution < -0.4 is 5.32 Å². The summed E-state index contributed by atoms with van der Waals surface area (Å²) in [6.07, 6.45) is 1.65. The predicted molar refractivity (Wildman–Crippen MR) is 134 cm³/mol. The maximum absolute atomic E-state index is 12.7. The molecule has 4 aromatic rings. The molecule has 0 unspecified atom stereocenters. The average Bonchev–Trinajstić information content (AvgIpc) is 3.12. The summed E-state index contributed by atoms with van der Waals surface area (Å²) in [6, 6.07) is 30.2. The van der Waals surface area contributed by atoms with Crippen molar-refractivity contribution in [2.45, 2.75) is 20.8 Å².